The number of aromatic nitrogens is 4. The maximum atomic E-state index is 12.0. The van der Waals surface area contributed by atoms with Crippen LogP contribution in [0.3, 0.4) is 0 Å². The van der Waals surface area contributed by atoms with Crippen LogP contribution in [0.5, 0.6) is 5.75 Å². The number of nitrogens with zero attached hydrogens (tertiary/aromatic N) is 6. The average molecular weight is 541 g/mol. The van der Waals surface area contributed by atoms with E-state index in [0.29, 0.717) is 18.5 Å². The SMILES string of the molecule is CCOC(=O)Cn1nnnc1-c1ccc([C@H](c2cccc(O)c2)N2C[C@@H](C)N(Cc3ccccc3)C[C@@H]2C)cc1. The van der Waals surface area contributed by atoms with E-state index in [1.54, 1.807) is 13.0 Å². The maximum Gasteiger partial charge on any atom is 0.327 e. The van der Waals surface area contributed by atoms with Crippen LogP contribution in [0.1, 0.15) is 43.5 Å². The first kappa shape index (κ1) is 27.5. The number of tetrazole rings is 1. The lowest BCUT2D eigenvalue weighted by molar-refractivity contribution is -0.144. The van der Waals surface area contributed by atoms with Crippen LogP contribution in [0.4, 0.5) is 0 Å². The molecule has 1 saturated heterocycles. The van der Waals surface area contributed by atoms with Crippen molar-refractivity contribution in [3.05, 3.63) is 95.6 Å². The van der Waals surface area contributed by atoms with Crippen molar-refractivity contribution in [3.8, 4) is 17.1 Å². The molecular formula is C31H36N6O3. The van der Waals surface area contributed by atoms with Crippen molar-refractivity contribution >= 4 is 5.97 Å². The number of aromatic hydroxyl groups is 1. The molecule has 208 valence electrons. The highest BCUT2D eigenvalue weighted by Crippen LogP contribution is 2.35. The Morgan fingerprint density at radius 1 is 0.975 bits per heavy atom. The quantitative estimate of drug-likeness (QED) is 0.314. The van der Waals surface area contributed by atoms with Crippen LogP contribution >= 0.6 is 0 Å². The second kappa shape index (κ2) is 12.4. The average Bonchev–Trinajstić information content (AvgIpc) is 3.40. The predicted molar refractivity (Wildman–Crippen MR) is 152 cm³/mol. The number of rotatable bonds is 9. The lowest BCUT2D eigenvalue weighted by Gasteiger charge is -2.47. The molecule has 1 N–H and O–H groups in total. The number of piperazine rings is 1. The Labute approximate surface area is 235 Å². The van der Waals surface area contributed by atoms with Gasteiger partial charge in [-0.15, -0.1) is 5.10 Å². The molecule has 9 heteroatoms. The summed E-state index contributed by atoms with van der Waals surface area (Å²) >= 11 is 0. The standard InChI is InChI=1S/C31H36N6O3/c1-4-40-29(39)21-37-31(32-33-34-37)26-15-13-25(14-16-26)30(27-11-8-12-28(38)17-27)36-19-22(2)35(18-23(36)3)20-24-9-6-5-7-10-24/h5-17,22-23,30,38H,4,18-21H2,1-3H3/t22-,23+,30-/m1/s1. The molecule has 5 rings (SSSR count). The number of carbonyl (C=O) groups excluding carboxylic acids is 1. The van der Waals surface area contributed by atoms with Crippen molar-refractivity contribution in [2.75, 3.05) is 19.7 Å². The molecule has 0 radical (unpaired) electrons. The first-order chi connectivity index (χ1) is 19.4. The largest absolute Gasteiger partial charge is 0.508 e. The molecule has 9 nitrogen and oxygen atoms in total. The molecule has 0 saturated carbocycles. The monoisotopic (exact) mass is 540 g/mol. The summed E-state index contributed by atoms with van der Waals surface area (Å²) in [5, 5.41) is 22.2. The molecular weight excluding hydrogens is 504 g/mol. The molecule has 1 aromatic heterocycles. The summed E-state index contributed by atoms with van der Waals surface area (Å²) in [6.07, 6.45) is 0. The van der Waals surface area contributed by atoms with Gasteiger partial charge in [-0.1, -0.05) is 66.7 Å². The molecule has 1 fully saturated rings. The molecule has 0 aliphatic carbocycles. The Hall–Kier alpha value is -4.08. The summed E-state index contributed by atoms with van der Waals surface area (Å²) in [6.45, 7) is 9.33. The van der Waals surface area contributed by atoms with Gasteiger partial charge in [0, 0.05) is 37.3 Å². The number of phenolic OH excluding ortho intramolecular Hbond substituents is 1. The predicted octanol–water partition coefficient (Wildman–Crippen LogP) is 4.29. The van der Waals surface area contributed by atoms with Gasteiger partial charge in [0.05, 0.1) is 12.6 Å². The zero-order chi connectivity index (χ0) is 28.1. The number of carbonyl (C=O) groups is 1. The third-order valence-electron chi connectivity index (χ3n) is 7.51. The molecule has 0 amide bonds. The second-order valence-electron chi connectivity index (χ2n) is 10.4. The molecule has 3 atom stereocenters. The van der Waals surface area contributed by atoms with Crippen molar-refractivity contribution in [1.29, 1.82) is 0 Å². The van der Waals surface area contributed by atoms with E-state index in [-0.39, 0.29) is 30.3 Å². The summed E-state index contributed by atoms with van der Waals surface area (Å²) in [5.41, 5.74) is 4.27. The molecule has 1 aliphatic rings. The minimum atomic E-state index is -0.383. The summed E-state index contributed by atoms with van der Waals surface area (Å²) < 4.78 is 6.51. The van der Waals surface area contributed by atoms with E-state index < -0.39 is 0 Å². The molecule has 2 heterocycles. The van der Waals surface area contributed by atoms with E-state index in [1.165, 1.54) is 10.2 Å². The van der Waals surface area contributed by atoms with Crippen LogP contribution in [0, 0.1) is 0 Å². The van der Waals surface area contributed by atoms with Crippen LogP contribution in [-0.2, 0) is 22.6 Å². The van der Waals surface area contributed by atoms with Gasteiger partial charge < -0.3 is 9.84 Å². The topological polar surface area (TPSA) is 96.6 Å². The smallest absolute Gasteiger partial charge is 0.327 e. The molecule has 0 unspecified atom stereocenters. The second-order valence-corrected chi connectivity index (χ2v) is 10.4. The normalized spacial score (nSPS) is 18.9. The molecule has 3 aromatic carbocycles. The molecule has 0 bridgehead atoms. The van der Waals surface area contributed by atoms with E-state index in [0.717, 1.165) is 36.3 Å². The van der Waals surface area contributed by atoms with Crippen LogP contribution < -0.4 is 0 Å². The highest BCUT2D eigenvalue weighted by Gasteiger charge is 2.35. The van der Waals surface area contributed by atoms with Crippen LogP contribution in [0.2, 0.25) is 0 Å². The Morgan fingerprint density at radius 3 is 2.48 bits per heavy atom. The van der Waals surface area contributed by atoms with Crippen molar-refractivity contribution in [1.82, 2.24) is 30.0 Å². The van der Waals surface area contributed by atoms with Crippen molar-refractivity contribution in [2.24, 2.45) is 0 Å². The van der Waals surface area contributed by atoms with Gasteiger partial charge in [-0.2, -0.15) is 0 Å². The van der Waals surface area contributed by atoms with Gasteiger partial charge in [-0.25, -0.2) is 4.68 Å². The lowest BCUT2D eigenvalue weighted by Crippen LogP contribution is -2.56. The maximum absolute atomic E-state index is 12.0. The highest BCUT2D eigenvalue weighted by molar-refractivity contribution is 5.70. The van der Waals surface area contributed by atoms with E-state index in [4.69, 9.17) is 4.74 Å². The lowest BCUT2D eigenvalue weighted by atomic mass is 9.92. The third-order valence-corrected chi connectivity index (χ3v) is 7.51. The van der Waals surface area contributed by atoms with Crippen molar-refractivity contribution < 1.29 is 14.6 Å². The molecule has 40 heavy (non-hydrogen) atoms. The fraction of sp³-hybridized carbons (Fsp3) is 0.355. The third kappa shape index (κ3) is 6.21. The van der Waals surface area contributed by atoms with E-state index >= 15 is 0 Å². The minimum absolute atomic E-state index is 0.0481. The fourth-order valence-corrected chi connectivity index (χ4v) is 5.55. The zero-order valence-electron chi connectivity index (χ0n) is 23.2. The summed E-state index contributed by atoms with van der Waals surface area (Å²) in [6, 6.07) is 26.9. The number of phenols is 1. The number of ether oxygens (including phenoxy) is 1. The van der Waals surface area contributed by atoms with Gasteiger partial charge in [0.15, 0.2) is 5.82 Å². The first-order valence-corrected chi connectivity index (χ1v) is 13.8. The molecule has 0 spiro atoms. The van der Waals surface area contributed by atoms with E-state index in [9.17, 15) is 9.90 Å². The summed E-state index contributed by atoms with van der Waals surface area (Å²) in [5.74, 6) is 0.372. The van der Waals surface area contributed by atoms with Gasteiger partial charge in [0.1, 0.15) is 12.3 Å². The van der Waals surface area contributed by atoms with Crippen LogP contribution in [-0.4, -0.2) is 72.9 Å². The van der Waals surface area contributed by atoms with Gasteiger partial charge >= 0.3 is 5.97 Å². The van der Waals surface area contributed by atoms with E-state index in [1.807, 2.05) is 24.3 Å². The number of esters is 1. The Morgan fingerprint density at radius 2 is 1.75 bits per heavy atom. The van der Waals surface area contributed by atoms with Gasteiger partial charge in [-0.3, -0.25) is 14.6 Å². The first-order valence-electron chi connectivity index (χ1n) is 13.8. The molecule has 4 aromatic rings. The van der Waals surface area contributed by atoms with Crippen molar-refractivity contribution in [3.63, 3.8) is 0 Å². The Balaban J connectivity index is 1.41. The van der Waals surface area contributed by atoms with Gasteiger partial charge in [-0.05, 0) is 60.0 Å². The van der Waals surface area contributed by atoms with Gasteiger partial charge in [0.25, 0.3) is 0 Å². The van der Waals surface area contributed by atoms with Crippen LogP contribution in [0.15, 0.2) is 78.9 Å². The van der Waals surface area contributed by atoms with Crippen molar-refractivity contribution in [2.45, 2.75) is 52.0 Å². The van der Waals surface area contributed by atoms with Crippen LogP contribution in [0.25, 0.3) is 11.4 Å². The number of hydrogen-bond acceptors (Lipinski definition) is 8. The highest BCUT2D eigenvalue weighted by atomic mass is 16.5. The summed E-state index contributed by atoms with van der Waals surface area (Å²) in [7, 11) is 0. The number of hydrogen-bond donors (Lipinski definition) is 1. The number of benzene rings is 3. The van der Waals surface area contributed by atoms with Gasteiger partial charge in [0.2, 0.25) is 0 Å². The fourth-order valence-electron chi connectivity index (χ4n) is 5.55. The minimum Gasteiger partial charge on any atom is -0.508 e. The Bertz CT molecular complexity index is 1410. The Kier molecular flexibility index (Phi) is 8.52. The molecule has 1 aliphatic heterocycles. The zero-order valence-corrected chi connectivity index (χ0v) is 23.2. The van der Waals surface area contributed by atoms with E-state index in [2.05, 4.69) is 87.7 Å². The summed E-state index contributed by atoms with van der Waals surface area (Å²) in [4.78, 5) is 17.1.